The Labute approximate surface area is 211 Å². The zero-order chi connectivity index (χ0) is 27.4. The van der Waals surface area contributed by atoms with Gasteiger partial charge in [0.25, 0.3) is 0 Å². The van der Waals surface area contributed by atoms with Crippen LogP contribution in [-0.2, 0) is 24.1 Å². The number of benzene rings is 2. The van der Waals surface area contributed by atoms with Crippen LogP contribution in [0.4, 0.5) is 26.3 Å². The average Bonchev–Trinajstić information content (AvgIpc) is 3.12. The predicted molar refractivity (Wildman–Crippen MR) is 122 cm³/mol. The van der Waals surface area contributed by atoms with Gasteiger partial charge in [-0.1, -0.05) is 23.7 Å². The summed E-state index contributed by atoms with van der Waals surface area (Å²) >= 11 is 5.85. The number of nitrogens with one attached hydrogen (secondary N) is 1. The fourth-order valence-corrected chi connectivity index (χ4v) is 3.68. The largest absolute Gasteiger partial charge is 0.416 e. The summed E-state index contributed by atoms with van der Waals surface area (Å²) in [5, 5.41) is 16.2. The summed E-state index contributed by atoms with van der Waals surface area (Å²) < 4.78 is 79.2. The molecule has 0 fully saturated rings. The molecular formula is C23H21ClF6N4O3. The third-order valence-corrected chi connectivity index (χ3v) is 5.56. The molecule has 1 amide bonds. The first-order chi connectivity index (χ1) is 17.3. The number of rotatable bonds is 9. The Morgan fingerprint density at radius 3 is 2.35 bits per heavy atom. The molecule has 1 unspecified atom stereocenters. The van der Waals surface area contributed by atoms with E-state index in [9.17, 15) is 41.0 Å². The fraction of sp³-hybridized carbons (Fsp3) is 0.348. The molecule has 3 rings (SSSR count). The number of hydrogen-bond donors (Lipinski definition) is 2. The van der Waals surface area contributed by atoms with Crippen molar-refractivity contribution in [2.45, 2.75) is 44.3 Å². The van der Waals surface area contributed by atoms with Crippen molar-refractivity contribution < 1.29 is 36.2 Å². The van der Waals surface area contributed by atoms with E-state index in [0.717, 1.165) is 22.8 Å². The lowest BCUT2D eigenvalue weighted by molar-refractivity contribution is -0.138. The van der Waals surface area contributed by atoms with Crippen molar-refractivity contribution in [3.05, 3.63) is 75.2 Å². The smallest absolute Gasteiger partial charge is 0.396 e. The van der Waals surface area contributed by atoms with Gasteiger partial charge < -0.3 is 10.4 Å². The van der Waals surface area contributed by atoms with Crippen molar-refractivity contribution >= 4 is 17.5 Å². The Kier molecular flexibility index (Phi) is 8.69. The van der Waals surface area contributed by atoms with E-state index in [0.29, 0.717) is 9.70 Å². The Hall–Kier alpha value is -3.32. The van der Waals surface area contributed by atoms with Crippen LogP contribution in [0.1, 0.15) is 30.0 Å². The summed E-state index contributed by atoms with van der Waals surface area (Å²) in [6.45, 7) is -1.94. The minimum absolute atomic E-state index is 0.0714. The highest BCUT2D eigenvalue weighted by Gasteiger charge is 2.31. The number of nitrogens with zero attached hydrogens (tertiary/aromatic N) is 3. The SMILES string of the molecule is O=C(Cn1nc(-c2ccc(Cl)cc2)n(CCC(F)(F)F)c1=O)NC(CCO)c1cccc(C(F)(F)F)c1. The molecule has 1 heterocycles. The second-order valence-electron chi connectivity index (χ2n) is 8.04. The number of carbonyl (C=O) groups is 1. The first-order valence-corrected chi connectivity index (χ1v) is 11.2. The summed E-state index contributed by atoms with van der Waals surface area (Å²) in [4.78, 5) is 25.5. The number of amides is 1. The molecule has 0 aliphatic carbocycles. The molecule has 1 atom stereocenters. The maximum atomic E-state index is 13.1. The molecule has 2 aromatic carbocycles. The topological polar surface area (TPSA) is 89.2 Å². The van der Waals surface area contributed by atoms with Gasteiger partial charge in [-0.15, -0.1) is 5.10 Å². The van der Waals surface area contributed by atoms with Gasteiger partial charge in [0.15, 0.2) is 5.82 Å². The Bertz CT molecular complexity index is 1290. The Balaban J connectivity index is 1.88. The lowest BCUT2D eigenvalue weighted by Crippen LogP contribution is -2.36. The number of aliphatic hydroxyl groups is 1. The van der Waals surface area contributed by atoms with Crippen LogP contribution in [-0.4, -0.2) is 38.1 Å². The zero-order valence-corrected chi connectivity index (χ0v) is 19.7. The zero-order valence-electron chi connectivity index (χ0n) is 19.0. The van der Waals surface area contributed by atoms with Gasteiger partial charge >= 0.3 is 18.0 Å². The molecule has 0 saturated carbocycles. The molecule has 37 heavy (non-hydrogen) atoms. The van der Waals surface area contributed by atoms with Crippen LogP contribution in [0.15, 0.2) is 53.3 Å². The van der Waals surface area contributed by atoms with E-state index < -0.39 is 61.7 Å². The highest BCUT2D eigenvalue weighted by molar-refractivity contribution is 6.30. The number of aromatic nitrogens is 3. The van der Waals surface area contributed by atoms with Crippen LogP contribution >= 0.6 is 11.6 Å². The van der Waals surface area contributed by atoms with E-state index in [2.05, 4.69) is 10.4 Å². The molecule has 0 aliphatic heterocycles. The van der Waals surface area contributed by atoms with E-state index in [1.54, 1.807) is 0 Å². The summed E-state index contributed by atoms with van der Waals surface area (Å²) in [6, 6.07) is 8.95. The molecule has 200 valence electrons. The van der Waals surface area contributed by atoms with Crippen molar-refractivity contribution in [1.29, 1.82) is 0 Å². The monoisotopic (exact) mass is 550 g/mol. The quantitative estimate of drug-likeness (QED) is 0.382. The first kappa shape index (κ1) is 28.3. The highest BCUT2D eigenvalue weighted by atomic mass is 35.5. The maximum Gasteiger partial charge on any atom is 0.416 e. The lowest BCUT2D eigenvalue weighted by Gasteiger charge is -2.19. The van der Waals surface area contributed by atoms with Crippen LogP contribution in [0.2, 0.25) is 5.02 Å². The maximum absolute atomic E-state index is 13.1. The second-order valence-corrected chi connectivity index (χ2v) is 8.48. The normalized spacial score (nSPS) is 13.0. The lowest BCUT2D eigenvalue weighted by atomic mass is 10.0. The van der Waals surface area contributed by atoms with Gasteiger partial charge in [0.1, 0.15) is 6.54 Å². The molecule has 7 nitrogen and oxygen atoms in total. The Morgan fingerprint density at radius 1 is 1.08 bits per heavy atom. The molecular weight excluding hydrogens is 530 g/mol. The van der Waals surface area contributed by atoms with Crippen LogP contribution in [0.25, 0.3) is 11.4 Å². The summed E-state index contributed by atoms with van der Waals surface area (Å²) in [5.74, 6) is -0.968. The number of alkyl halides is 6. The number of hydrogen-bond acceptors (Lipinski definition) is 4. The van der Waals surface area contributed by atoms with Crippen LogP contribution in [0.3, 0.4) is 0 Å². The summed E-state index contributed by atoms with van der Waals surface area (Å²) in [6.07, 6.45) is -10.6. The van der Waals surface area contributed by atoms with Gasteiger partial charge in [-0.25, -0.2) is 9.48 Å². The minimum Gasteiger partial charge on any atom is -0.396 e. The van der Waals surface area contributed by atoms with Crippen molar-refractivity contribution in [3.63, 3.8) is 0 Å². The fourth-order valence-electron chi connectivity index (χ4n) is 3.56. The second kappa shape index (κ2) is 11.4. The molecule has 0 spiro atoms. The van der Waals surface area contributed by atoms with E-state index in [4.69, 9.17) is 11.6 Å². The van der Waals surface area contributed by atoms with Gasteiger partial charge in [0, 0.05) is 23.7 Å². The molecule has 0 radical (unpaired) electrons. The third-order valence-electron chi connectivity index (χ3n) is 5.31. The molecule has 2 N–H and O–H groups in total. The van der Waals surface area contributed by atoms with Crippen LogP contribution in [0, 0.1) is 0 Å². The van der Waals surface area contributed by atoms with Crippen molar-refractivity contribution in [2.24, 2.45) is 0 Å². The summed E-state index contributed by atoms with van der Waals surface area (Å²) in [5.41, 5.74) is -1.58. The van der Waals surface area contributed by atoms with E-state index in [-0.39, 0.29) is 23.4 Å². The third kappa shape index (κ3) is 7.59. The highest BCUT2D eigenvalue weighted by Crippen LogP contribution is 2.31. The van der Waals surface area contributed by atoms with Crippen LogP contribution in [0.5, 0.6) is 0 Å². The molecule has 1 aromatic heterocycles. The van der Waals surface area contributed by atoms with Crippen LogP contribution < -0.4 is 11.0 Å². The predicted octanol–water partition coefficient (Wildman–Crippen LogP) is 4.58. The van der Waals surface area contributed by atoms with E-state index in [1.165, 1.54) is 30.3 Å². The van der Waals surface area contributed by atoms with Crippen molar-refractivity contribution in [3.8, 4) is 11.4 Å². The van der Waals surface area contributed by atoms with Crippen molar-refractivity contribution in [1.82, 2.24) is 19.7 Å². The average molecular weight is 551 g/mol. The Morgan fingerprint density at radius 2 is 1.76 bits per heavy atom. The minimum atomic E-state index is -4.63. The van der Waals surface area contributed by atoms with Gasteiger partial charge in [0.05, 0.1) is 18.0 Å². The van der Waals surface area contributed by atoms with Gasteiger partial charge in [-0.2, -0.15) is 26.3 Å². The molecule has 0 aliphatic rings. The first-order valence-electron chi connectivity index (χ1n) is 10.9. The molecule has 3 aromatic rings. The standard InChI is InChI=1S/C23H21ClF6N4O3/c24-17-6-4-14(5-7-17)20-32-34(21(37)33(20)10-9-22(25,26)27)13-19(36)31-18(8-11-35)15-2-1-3-16(12-15)23(28,29)30/h1-7,12,18,35H,8-11,13H2,(H,31,36). The number of aliphatic hydroxyl groups excluding tert-OH is 1. The molecule has 14 heteroatoms. The molecule has 0 saturated heterocycles. The van der Waals surface area contributed by atoms with Gasteiger partial charge in [-0.05, 0) is 48.4 Å². The van der Waals surface area contributed by atoms with E-state index in [1.807, 2.05) is 0 Å². The van der Waals surface area contributed by atoms with Gasteiger partial charge in [0.2, 0.25) is 5.91 Å². The summed E-state index contributed by atoms with van der Waals surface area (Å²) in [7, 11) is 0. The van der Waals surface area contributed by atoms with Crippen molar-refractivity contribution in [2.75, 3.05) is 6.61 Å². The molecule has 0 bridgehead atoms. The van der Waals surface area contributed by atoms with E-state index >= 15 is 0 Å². The van der Waals surface area contributed by atoms with Gasteiger partial charge in [-0.3, -0.25) is 9.36 Å². The number of carbonyl (C=O) groups excluding carboxylic acids is 1. The number of halogens is 7.